The van der Waals surface area contributed by atoms with Gasteiger partial charge in [0.25, 0.3) is 0 Å². The third-order valence-electron chi connectivity index (χ3n) is 4.18. The molecule has 1 aromatic heterocycles. The summed E-state index contributed by atoms with van der Waals surface area (Å²) in [4.78, 5) is 4.49. The predicted octanol–water partition coefficient (Wildman–Crippen LogP) is 5.27. The molecule has 116 valence electrons. The molecule has 23 heavy (non-hydrogen) atoms. The maximum absolute atomic E-state index is 4.49. The van der Waals surface area contributed by atoms with Gasteiger partial charge in [0.1, 0.15) is 0 Å². The number of hydrogen-bond acceptors (Lipinski definition) is 1. The summed E-state index contributed by atoms with van der Waals surface area (Å²) in [5.41, 5.74) is 5.90. The van der Waals surface area contributed by atoms with E-state index in [4.69, 9.17) is 0 Å². The van der Waals surface area contributed by atoms with E-state index in [1.807, 2.05) is 6.20 Å². The molecular formula is C21H23NSi. The normalized spacial score (nSPS) is 11.5. The first-order chi connectivity index (χ1) is 10.9. The first-order valence-corrected chi connectivity index (χ1v) is 11.6. The molecule has 0 aliphatic carbocycles. The zero-order chi connectivity index (χ0) is 16.4. The molecular weight excluding hydrogens is 294 g/mol. The zero-order valence-electron chi connectivity index (χ0n) is 14.3. The van der Waals surface area contributed by atoms with Crippen molar-refractivity contribution >= 4 is 13.3 Å². The molecule has 0 bridgehead atoms. The fourth-order valence-corrected chi connectivity index (χ4v) is 3.80. The van der Waals surface area contributed by atoms with E-state index in [0.717, 1.165) is 11.3 Å². The van der Waals surface area contributed by atoms with Crippen molar-refractivity contribution in [3.05, 3.63) is 72.4 Å². The summed E-state index contributed by atoms with van der Waals surface area (Å²) in [6.07, 6.45) is 1.92. The highest BCUT2D eigenvalue weighted by Crippen LogP contribution is 2.23. The summed E-state index contributed by atoms with van der Waals surface area (Å²) < 4.78 is 0. The van der Waals surface area contributed by atoms with E-state index < -0.39 is 8.07 Å². The molecule has 0 spiro atoms. The van der Waals surface area contributed by atoms with E-state index >= 15 is 0 Å². The second kappa shape index (κ2) is 6.13. The molecule has 2 heteroatoms. The fourth-order valence-electron chi connectivity index (χ4n) is 2.63. The van der Waals surface area contributed by atoms with Crippen LogP contribution < -0.4 is 5.19 Å². The highest BCUT2D eigenvalue weighted by Gasteiger charge is 2.15. The van der Waals surface area contributed by atoms with Gasteiger partial charge in [-0.15, -0.1) is 0 Å². The minimum absolute atomic E-state index is 1.02. The summed E-state index contributed by atoms with van der Waals surface area (Å²) in [5, 5.41) is 1.50. The van der Waals surface area contributed by atoms with Gasteiger partial charge in [-0.05, 0) is 29.7 Å². The van der Waals surface area contributed by atoms with E-state index in [0.29, 0.717) is 0 Å². The van der Waals surface area contributed by atoms with Crippen molar-refractivity contribution in [2.24, 2.45) is 0 Å². The van der Waals surface area contributed by atoms with Gasteiger partial charge >= 0.3 is 0 Å². The van der Waals surface area contributed by atoms with Crippen LogP contribution in [0.4, 0.5) is 0 Å². The lowest BCUT2D eigenvalue weighted by Gasteiger charge is -2.16. The van der Waals surface area contributed by atoms with Crippen LogP contribution in [0.1, 0.15) is 5.56 Å². The van der Waals surface area contributed by atoms with Crippen LogP contribution in [0.5, 0.6) is 0 Å². The largest absolute Gasteiger partial charge is 0.256 e. The SMILES string of the molecule is Cc1ccc(-c2ccc(-c3ccc([Si](C)(C)C)cc3)cc2)nc1. The van der Waals surface area contributed by atoms with Crippen LogP contribution in [-0.2, 0) is 0 Å². The summed E-state index contributed by atoms with van der Waals surface area (Å²) in [6.45, 7) is 9.20. The Morgan fingerprint density at radius 2 is 1.17 bits per heavy atom. The molecule has 0 radical (unpaired) electrons. The smallest absolute Gasteiger partial charge is 0.0775 e. The van der Waals surface area contributed by atoms with Crippen molar-refractivity contribution in [3.8, 4) is 22.4 Å². The molecule has 1 nitrogen and oxygen atoms in total. The Balaban J connectivity index is 1.86. The Morgan fingerprint density at radius 1 is 0.652 bits per heavy atom. The van der Waals surface area contributed by atoms with Gasteiger partial charge in [-0.25, -0.2) is 0 Å². The number of nitrogens with zero attached hydrogens (tertiary/aromatic N) is 1. The molecule has 1 heterocycles. The predicted molar refractivity (Wildman–Crippen MR) is 103 cm³/mol. The van der Waals surface area contributed by atoms with Gasteiger partial charge in [0.05, 0.1) is 13.8 Å². The Morgan fingerprint density at radius 3 is 1.65 bits per heavy atom. The molecule has 0 aliphatic heterocycles. The molecule has 0 fully saturated rings. The number of hydrogen-bond donors (Lipinski definition) is 0. The minimum atomic E-state index is -1.22. The molecule has 0 saturated carbocycles. The lowest BCUT2D eigenvalue weighted by Crippen LogP contribution is -2.37. The Labute approximate surface area is 140 Å². The van der Waals surface area contributed by atoms with Crippen molar-refractivity contribution in [2.45, 2.75) is 26.6 Å². The van der Waals surface area contributed by atoms with Gasteiger partial charge in [-0.2, -0.15) is 0 Å². The molecule has 0 atom stereocenters. The molecule has 0 saturated heterocycles. The molecule has 0 amide bonds. The highest BCUT2D eigenvalue weighted by atomic mass is 28.3. The van der Waals surface area contributed by atoms with Crippen LogP contribution >= 0.6 is 0 Å². The summed E-state index contributed by atoms with van der Waals surface area (Å²) in [6, 6.07) is 21.9. The van der Waals surface area contributed by atoms with E-state index in [9.17, 15) is 0 Å². The monoisotopic (exact) mass is 317 g/mol. The van der Waals surface area contributed by atoms with E-state index in [2.05, 4.69) is 92.2 Å². The summed E-state index contributed by atoms with van der Waals surface area (Å²) >= 11 is 0. The summed E-state index contributed by atoms with van der Waals surface area (Å²) in [7, 11) is -1.22. The van der Waals surface area contributed by atoms with Crippen molar-refractivity contribution in [1.29, 1.82) is 0 Å². The Kier molecular flexibility index (Phi) is 4.18. The maximum Gasteiger partial charge on any atom is 0.0775 e. The summed E-state index contributed by atoms with van der Waals surface area (Å²) in [5.74, 6) is 0. The Bertz CT molecular complexity index is 779. The fraction of sp³-hybridized carbons (Fsp3) is 0.190. The molecule has 3 aromatic rings. The molecule has 0 unspecified atom stereocenters. The molecule has 3 rings (SSSR count). The molecule has 0 aliphatic rings. The van der Waals surface area contributed by atoms with Gasteiger partial charge in [0.15, 0.2) is 0 Å². The van der Waals surface area contributed by atoms with Crippen molar-refractivity contribution in [2.75, 3.05) is 0 Å². The van der Waals surface area contributed by atoms with Crippen molar-refractivity contribution < 1.29 is 0 Å². The van der Waals surface area contributed by atoms with Gasteiger partial charge in [-0.1, -0.05) is 79.4 Å². The lowest BCUT2D eigenvalue weighted by molar-refractivity contribution is 1.27. The number of rotatable bonds is 3. The molecule has 0 N–H and O–H groups in total. The van der Waals surface area contributed by atoms with Crippen LogP contribution in [0.2, 0.25) is 19.6 Å². The van der Waals surface area contributed by atoms with Gasteiger partial charge in [-0.3, -0.25) is 4.98 Å². The van der Waals surface area contributed by atoms with Crippen LogP contribution in [0, 0.1) is 6.92 Å². The van der Waals surface area contributed by atoms with Crippen LogP contribution in [0.3, 0.4) is 0 Å². The number of pyridine rings is 1. The highest BCUT2D eigenvalue weighted by molar-refractivity contribution is 6.88. The number of benzene rings is 2. The first kappa shape index (κ1) is 15.7. The van der Waals surface area contributed by atoms with E-state index in [1.54, 1.807) is 0 Å². The average Bonchev–Trinajstić information content (AvgIpc) is 2.55. The van der Waals surface area contributed by atoms with Crippen molar-refractivity contribution in [3.63, 3.8) is 0 Å². The standard InChI is InChI=1S/C21H23NSi/c1-16-5-14-21(22-15-16)19-8-6-17(7-9-19)18-10-12-20(13-11-18)23(2,3)4/h5-15H,1-4H3. The second-order valence-electron chi connectivity index (χ2n) is 7.13. The van der Waals surface area contributed by atoms with E-state index in [-0.39, 0.29) is 0 Å². The second-order valence-corrected chi connectivity index (χ2v) is 12.2. The van der Waals surface area contributed by atoms with E-state index in [1.165, 1.54) is 21.9 Å². The van der Waals surface area contributed by atoms with Crippen LogP contribution in [0.25, 0.3) is 22.4 Å². The van der Waals surface area contributed by atoms with Gasteiger partial charge in [0.2, 0.25) is 0 Å². The van der Waals surface area contributed by atoms with Crippen LogP contribution in [0.15, 0.2) is 66.9 Å². The third-order valence-corrected chi connectivity index (χ3v) is 6.24. The third kappa shape index (κ3) is 3.59. The van der Waals surface area contributed by atoms with Crippen LogP contribution in [-0.4, -0.2) is 13.1 Å². The number of aromatic nitrogens is 1. The van der Waals surface area contributed by atoms with Gasteiger partial charge < -0.3 is 0 Å². The topological polar surface area (TPSA) is 12.9 Å². The Hall–Kier alpha value is -2.19. The molecule has 2 aromatic carbocycles. The van der Waals surface area contributed by atoms with Crippen molar-refractivity contribution in [1.82, 2.24) is 4.98 Å². The zero-order valence-corrected chi connectivity index (χ0v) is 15.3. The maximum atomic E-state index is 4.49. The average molecular weight is 318 g/mol. The minimum Gasteiger partial charge on any atom is -0.256 e. The van der Waals surface area contributed by atoms with Gasteiger partial charge in [0, 0.05) is 11.8 Å². The lowest BCUT2D eigenvalue weighted by atomic mass is 10.0. The first-order valence-electron chi connectivity index (χ1n) is 8.07. The quantitative estimate of drug-likeness (QED) is 0.600. The number of aryl methyl sites for hydroxylation is 1.